The molecule has 1 fully saturated rings. The highest BCUT2D eigenvalue weighted by atomic mass is 16.2. The zero-order valence-electron chi connectivity index (χ0n) is 14.9. The summed E-state index contributed by atoms with van der Waals surface area (Å²) in [5.74, 6) is -0.596. The van der Waals surface area contributed by atoms with Gasteiger partial charge in [0.1, 0.15) is 5.54 Å². The Kier molecular flexibility index (Phi) is 4.16. The second kappa shape index (κ2) is 6.51. The van der Waals surface area contributed by atoms with E-state index in [0.29, 0.717) is 17.7 Å². The van der Waals surface area contributed by atoms with Gasteiger partial charge in [-0.2, -0.15) is 0 Å². The molecule has 2 aromatic carbocycles. The Morgan fingerprint density at radius 1 is 1.07 bits per heavy atom. The lowest BCUT2D eigenvalue weighted by Gasteiger charge is -2.21. The topological polar surface area (TPSA) is 99.3 Å². The molecule has 4 N–H and O–H groups in total. The molecule has 1 saturated heterocycles. The summed E-state index contributed by atoms with van der Waals surface area (Å²) in [6.07, 6.45) is 0. The molecule has 0 bridgehead atoms. The first-order valence-electron chi connectivity index (χ1n) is 8.79. The lowest BCUT2D eigenvalue weighted by molar-refractivity contribution is -0.123. The van der Waals surface area contributed by atoms with E-state index in [4.69, 9.17) is 0 Å². The molecule has 1 atom stereocenters. The van der Waals surface area contributed by atoms with Gasteiger partial charge in [0, 0.05) is 25.2 Å². The van der Waals surface area contributed by atoms with E-state index in [-0.39, 0.29) is 5.91 Å². The number of carbonyl (C=O) groups excluding carboxylic acids is 3. The van der Waals surface area contributed by atoms with Gasteiger partial charge in [-0.15, -0.1) is 0 Å². The van der Waals surface area contributed by atoms with Crippen molar-refractivity contribution in [1.29, 1.82) is 0 Å². The summed E-state index contributed by atoms with van der Waals surface area (Å²) >= 11 is 0. The molecular formula is C20H20N4O3. The molecule has 7 nitrogen and oxygen atoms in total. The van der Waals surface area contributed by atoms with Crippen LogP contribution in [0.15, 0.2) is 42.5 Å². The molecule has 0 spiro atoms. The summed E-state index contributed by atoms with van der Waals surface area (Å²) in [7, 11) is 0. The highest BCUT2D eigenvalue weighted by Crippen LogP contribution is 2.24. The molecule has 2 aliphatic heterocycles. The van der Waals surface area contributed by atoms with E-state index in [1.54, 1.807) is 31.2 Å². The van der Waals surface area contributed by atoms with Crippen molar-refractivity contribution in [2.75, 3.05) is 0 Å². The Morgan fingerprint density at radius 3 is 2.52 bits per heavy atom. The van der Waals surface area contributed by atoms with Crippen LogP contribution in [0.4, 0.5) is 4.79 Å². The third-order valence-corrected chi connectivity index (χ3v) is 5.12. The van der Waals surface area contributed by atoms with Crippen LogP contribution in [0.3, 0.4) is 0 Å². The van der Waals surface area contributed by atoms with E-state index in [9.17, 15) is 14.4 Å². The van der Waals surface area contributed by atoms with Gasteiger partial charge >= 0.3 is 6.03 Å². The van der Waals surface area contributed by atoms with E-state index in [2.05, 4.69) is 33.4 Å². The van der Waals surface area contributed by atoms with Crippen LogP contribution in [-0.2, 0) is 30.0 Å². The SMILES string of the molecule is CC1(c2ccc(C(=O)NCc3ccc4c(c3)CNC4)cc2)NC(=O)NC1=O. The standard InChI is InChI=1S/C20H20N4O3/c1-20(18(26)23-19(27)24-20)16-6-4-13(5-7-16)17(25)22-9-12-2-3-14-10-21-11-15(14)8-12/h2-8,21H,9-11H2,1H3,(H,22,25)(H2,23,24,26,27). The Labute approximate surface area is 156 Å². The second-order valence-corrected chi connectivity index (χ2v) is 7.00. The number of hydrogen-bond donors (Lipinski definition) is 4. The summed E-state index contributed by atoms with van der Waals surface area (Å²) in [6, 6.07) is 12.4. The quantitative estimate of drug-likeness (QED) is 0.614. The fourth-order valence-corrected chi connectivity index (χ4v) is 3.44. The van der Waals surface area contributed by atoms with Crippen molar-refractivity contribution in [3.05, 3.63) is 70.3 Å². The maximum atomic E-state index is 12.4. The third-order valence-electron chi connectivity index (χ3n) is 5.12. The molecule has 0 aliphatic carbocycles. The van der Waals surface area contributed by atoms with Crippen molar-refractivity contribution in [2.24, 2.45) is 0 Å². The van der Waals surface area contributed by atoms with E-state index >= 15 is 0 Å². The smallest absolute Gasteiger partial charge is 0.322 e. The molecule has 4 rings (SSSR count). The Bertz CT molecular complexity index is 939. The summed E-state index contributed by atoms with van der Waals surface area (Å²) in [5.41, 5.74) is 3.63. The molecule has 7 heteroatoms. The van der Waals surface area contributed by atoms with Crippen LogP contribution >= 0.6 is 0 Å². The highest BCUT2D eigenvalue weighted by Gasteiger charge is 2.43. The molecule has 1 unspecified atom stereocenters. The second-order valence-electron chi connectivity index (χ2n) is 7.00. The van der Waals surface area contributed by atoms with Crippen LogP contribution in [0.2, 0.25) is 0 Å². The number of imide groups is 1. The molecule has 0 aromatic heterocycles. The van der Waals surface area contributed by atoms with E-state index in [1.807, 2.05) is 6.07 Å². The number of nitrogens with one attached hydrogen (secondary N) is 4. The minimum atomic E-state index is -1.12. The monoisotopic (exact) mass is 364 g/mol. The lowest BCUT2D eigenvalue weighted by Crippen LogP contribution is -2.40. The molecule has 27 heavy (non-hydrogen) atoms. The molecule has 2 aliphatic rings. The van der Waals surface area contributed by atoms with E-state index < -0.39 is 17.5 Å². The zero-order chi connectivity index (χ0) is 19.0. The van der Waals surface area contributed by atoms with Crippen LogP contribution in [0.25, 0.3) is 0 Å². The maximum Gasteiger partial charge on any atom is 0.322 e. The fourth-order valence-electron chi connectivity index (χ4n) is 3.44. The van der Waals surface area contributed by atoms with Crippen LogP contribution in [0.5, 0.6) is 0 Å². The van der Waals surface area contributed by atoms with Crippen molar-refractivity contribution in [3.8, 4) is 0 Å². The summed E-state index contributed by atoms with van der Waals surface area (Å²) in [6.45, 7) is 3.84. The van der Waals surface area contributed by atoms with Crippen molar-refractivity contribution >= 4 is 17.8 Å². The van der Waals surface area contributed by atoms with Gasteiger partial charge in [-0.1, -0.05) is 30.3 Å². The highest BCUT2D eigenvalue weighted by molar-refractivity contribution is 6.07. The first-order chi connectivity index (χ1) is 13.0. The largest absolute Gasteiger partial charge is 0.348 e. The van der Waals surface area contributed by atoms with Gasteiger partial charge in [0.25, 0.3) is 11.8 Å². The molecule has 0 radical (unpaired) electrons. The number of hydrogen-bond acceptors (Lipinski definition) is 4. The molecular weight excluding hydrogens is 344 g/mol. The number of benzene rings is 2. The third kappa shape index (κ3) is 3.17. The van der Waals surface area contributed by atoms with Crippen molar-refractivity contribution in [1.82, 2.24) is 21.3 Å². The molecule has 2 heterocycles. The van der Waals surface area contributed by atoms with E-state index in [0.717, 1.165) is 18.7 Å². The van der Waals surface area contributed by atoms with Gasteiger partial charge in [0.15, 0.2) is 0 Å². The van der Waals surface area contributed by atoms with Gasteiger partial charge < -0.3 is 16.0 Å². The Balaban J connectivity index is 1.42. The minimum absolute atomic E-state index is 0.190. The van der Waals surface area contributed by atoms with Crippen molar-refractivity contribution < 1.29 is 14.4 Å². The van der Waals surface area contributed by atoms with E-state index in [1.165, 1.54) is 11.1 Å². The lowest BCUT2D eigenvalue weighted by atomic mass is 9.91. The summed E-state index contributed by atoms with van der Waals surface area (Å²) < 4.78 is 0. The molecule has 2 aromatic rings. The summed E-state index contributed by atoms with van der Waals surface area (Å²) in [5, 5.41) is 11.0. The van der Waals surface area contributed by atoms with Crippen LogP contribution < -0.4 is 21.3 Å². The van der Waals surface area contributed by atoms with Crippen molar-refractivity contribution in [3.63, 3.8) is 0 Å². The predicted octanol–water partition coefficient (Wildman–Crippen LogP) is 1.27. The molecule has 138 valence electrons. The average molecular weight is 364 g/mol. The molecule has 4 amide bonds. The predicted molar refractivity (Wildman–Crippen MR) is 98.6 cm³/mol. The normalized spacial score (nSPS) is 20.8. The average Bonchev–Trinajstić information content (AvgIpc) is 3.23. The minimum Gasteiger partial charge on any atom is -0.348 e. The van der Waals surface area contributed by atoms with Gasteiger partial charge in [0.2, 0.25) is 0 Å². The van der Waals surface area contributed by atoms with Crippen LogP contribution in [-0.4, -0.2) is 17.8 Å². The molecule has 0 saturated carbocycles. The Hall–Kier alpha value is -3.19. The van der Waals surface area contributed by atoms with Gasteiger partial charge in [-0.3, -0.25) is 14.9 Å². The Morgan fingerprint density at radius 2 is 1.81 bits per heavy atom. The first-order valence-corrected chi connectivity index (χ1v) is 8.79. The number of amides is 4. The fraction of sp³-hybridized carbons (Fsp3) is 0.250. The van der Waals surface area contributed by atoms with Gasteiger partial charge in [-0.05, 0) is 41.3 Å². The van der Waals surface area contributed by atoms with Crippen LogP contribution in [0.1, 0.15) is 39.5 Å². The summed E-state index contributed by atoms with van der Waals surface area (Å²) in [4.78, 5) is 35.8. The number of urea groups is 1. The number of rotatable bonds is 4. The van der Waals surface area contributed by atoms with Gasteiger partial charge in [0.05, 0.1) is 0 Å². The van der Waals surface area contributed by atoms with Crippen molar-refractivity contribution in [2.45, 2.75) is 32.1 Å². The first kappa shape index (κ1) is 17.2. The number of fused-ring (bicyclic) bond motifs is 1. The van der Waals surface area contributed by atoms with Gasteiger partial charge in [-0.25, -0.2) is 4.79 Å². The maximum absolute atomic E-state index is 12.4. The zero-order valence-corrected chi connectivity index (χ0v) is 14.9. The van der Waals surface area contributed by atoms with Crippen LogP contribution in [0, 0.1) is 0 Å². The number of carbonyl (C=O) groups is 3.